The molecule has 6 nitrogen and oxygen atoms in total. The van der Waals surface area contributed by atoms with Crippen molar-refractivity contribution in [2.75, 3.05) is 4.90 Å². The number of benzene rings is 3. The minimum Gasteiger partial charge on any atom is -0.438 e. The Morgan fingerprint density at radius 2 is 1.54 bits per heavy atom. The van der Waals surface area contributed by atoms with Gasteiger partial charge in [-0.3, -0.25) is 0 Å². The zero-order chi connectivity index (χ0) is 34.2. The average molecular weight is 641 g/mol. The molecule has 2 atom stereocenters. The molecule has 0 saturated heterocycles. The van der Waals surface area contributed by atoms with Gasteiger partial charge in [0.15, 0.2) is 0 Å². The van der Waals surface area contributed by atoms with E-state index in [2.05, 4.69) is 167 Å². The van der Waals surface area contributed by atoms with Crippen molar-refractivity contribution in [1.29, 1.82) is 0 Å². The number of fused-ring (bicyclic) bond motifs is 4. The van der Waals surface area contributed by atoms with E-state index in [-0.39, 0.29) is 17.7 Å². The molecule has 3 aromatic heterocycles. The molecular weight excluding hydrogens is 590 g/mol. The summed E-state index contributed by atoms with van der Waals surface area (Å²) in [5.41, 5.74) is 11.2. The highest BCUT2D eigenvalue weighted by molar-refractivity contribution is 6.06. The smallest absolute Gasteiger partial charge is 0.367 e. The van der Waals surface area contributed by atoms with Crippen LogP contribution in [0.2, 0.25) is 0 Å². The van der Waals surface area contributed by atoms with Gasteiger partial charge in [0.25, 0.3) is 0 Å². The Labute approximate surface area is 285 Å². The van der Waals surface area contributed by atoms with Crippen molar-refractivity contribution in [3.05, 3.63) is 107 Å². The molecule has 1 unspecified atom stereocenters. The first-order valence-electron chi connectivity index (χ1n) is 17.5. The van der Waals surface area contributed by atoms with Crippen molar-refractivity contribution in [3.8, 4) is 5.69 Å². The summed E-state index contributed by atoms with van der Waals surface area (Å²) in [6.45, 7) is 22.9. The third kappa shape index (κ3) is 4.75. The number of hydrogen-bond donors (Lipinski definition) is 0. The summed E-state index contributed by atoms with van der Waals surface area (Å²) in [5, 5.41) is 2.22. The topological polar surface area (TPSA) is 41.3 Å². The molecule has 248 valence electrons. The number of nitrogens with zero attached hydrogens (tertiary/aromatic N) is 5. The van der Waals surface area contributed by atoms with Crippen LogP contribution in [0.5, 0.6) is 0 Å². The first-order valence-corrected chi connectivity index (χ1v) is 17.5. The second kappa shape index (κ2) is 11.5. The number of pyridine rings is 1. The van der Waals surface area contributed by atoms with E-state index in [1.54, 1.807) is 0 Å². The molecule has 0 amide bonds. The lowest BCUT2D eigenvalue weighted by Gasteiger charge is -2.48. The molecule has 4 heterocycles. The lowest BCUT2D eigenvalue weighted by Crippen LogP contribution is -2.59. The molecule has 6 aromatic rings. The van der Waals surface area contributed by atoms with Crippen LogP contribution in [-0.4, -0.2) is 26.7 Å². The minimum absolute atomic E-state index is 0.0242. The monoisotopic (exact) mass is 640 g/mol. The summed E-state index contributed by atoms with van der Waals surface area (Å²) in [7, 11) is 2.23. The molecule has 0 radical (unpaired) electrons. The summed E-state index contributed by atoms with van der Waals surface area (Å²) in [5.74, 6) is 1.92. The van der Waals surface area contributed by atoms with E-state index < -0.39 is 0 Å². The van der Waals surface area contributed by atoms with E-state index in [1.807, 2.05) is 6.92 Å². The number of anilines is 1. The van der Waals surface area contributed by atoms with Crippen molar-refractivity contribution in [3.63, 3.8) is 0 Å². The molecule has 0 saturated carbocycles. The average Bonchev–Trinajstić information content (AvgIpc) is 3.54. The number of aromatic nitrogens is 3. The summed E-state index contributed by atoms with van der Waals surface area (Å²) in [6, 6.07) is 24.4. The number of hydrogen-bond acceptors (Lipinski definition) is 4. The van der Waals surface area contributed by atoms with Gasteiger partial charge in [-0.25, -0.2) is 14.5 Å². The SMILES string of the molecule is Cc1ccc2c(n1)oc1ccc(C)c(C(C)(C)N3C=C[C@@H](C)N(c4n(-c5c(C(C)C)cccc5C(C)C)c5ccccc5[n+]4C)C3C)c12. The van der Waals surface area contributed by atoms with Crippen LogP contribution in [0.3, 0.4) is 0 Å². The Balaban J connectivity index is 1.46. The Morgan fingerprint density at radius 1 is 0.854 bits per heavy atom. The van der Waals surface area contributed by atoms with E-state index in [0.29, 0.717) is 17.5 Å². The van der Waals surface area contributed by atoms with Crippen LogP contribution in [0.1, 0.15) is 95.2 Å². The van der Waals surface area contributed by atoms with Gasteiger partial charge in [-0.05, 0) is 112 Å². The third-order valence-corrected chi connectivity index (χ3v) is 10.7. The van der Waals surface area contributed by atoms with Crippen molar-refractivity contribution in [2.24, 2.45) is 7.05 Å². The summed E-state index contributed by atoms with van der Waals surface area (Å²) in [4.78, 5) is 9.90. The van der Waals surface area contributed by atoms with Crippen molar-refractivity contribution in [1.82, 2.24) is 14.5 Å². The molecule has 0 bridgehead atoms. The second-order valence-electron chi connectivity index (χ2n) is 14.9. The van der Waals surface area contributed by atoms with E-state index >= 15 is 0 Å². The van der Waals surface area contributed by atoms with Crippen LogP contribution in [0.4, 0.5) is 5.95 Å². The van der Waals surface area contributed by atoms with Crippen LogP contribution in [0.15, 0.2) is 83.4 Å². The van der Waals surface area contributed by atoms with Gasteiger partial charge in [0, 0.05) is 22.7 Å². The number of rotatable bonds is 6. The first kappa shape index (κ1) is 32.0. The van der Waals surface area contributed by atoms with Gasteiger partial charge in [0.2, 0.25) is 5.71 Å². The van der Waals surface area contributed by atoms with Gasteiger partial charge in [-0.2, -0.15) is 4.57 Å². The third-order valence-electron chi connectivity index (χ3n) is 10.7. The largest absolute Gasteiger partial charge is 0.438 e. The highest BCUT2D eigenvalue weighted by atomic mass is 16.3. The molecule has 0 fully saturated rings. The Bertz CT molecular complexity index is 2190. The fourth-order valence-electron chi connectivity index (χ4n) is 8.36. The zero-order valence-corrected chi connectivity index (χ0v) is 30.5. The van der Waals surface area contributed by atoms with Crippen molar-refractivity contribution in [2.45, 2.75) is 98.8 Å². The summed E-state index contributed by atoms with van der Waals surface area (Å²) < 4.78 is 11.3. The van der Waals surface area contributed by atoms with Gasteiger partial charge in [0.05, 0.1) is 18.6 Å². The fraction of sp³-hybridized carbons (Fsp3) is 0.381. The number of para-hydroxylation sites is 3. The predicted molar refractivity (Wildman–Crippen MR) is 199 cm³/mol. The lowest BCUT2D eigenvalue weighted by atomic mass is 9.84. The summed E-state index contributed by atoms with van der Waals surface area (Å²) >= 11 is 0. The normalized spacial score (nSPS) is 17.3. The molecule has 48 heavy (non-hydrogen) atoms. The number of furan rings is 1. The standard InChI is InChI=1S/C42H50N5O/c1-25(2)31-15-14-16-32(26(3)4)39(31)47-35-18-13-12-17-34(35)44(11)41(47)46-29(7)23-24-45(30(46)8)42(9,10)38-27(5)19-22-36-37(38)33-21-20-28(6)43-40(33)48-36/h12-26,29-30H,1-11H3/q+1/t29-,30?/m1/s1. The second-order valence-corrected chi connectivity index (χ2v) is 14.9. The Morgan fingerprint density at radius 3 is 2.23 bits per heavy atom. The maximum absolute atomic E-state index is 6.36. The molecule has 1 aliphatic rings. The first-order chi connectivity index (χ1) is 22.8. The Hall–Kier alpha value is -4.58. The molecule has 6 heteroatoms. The van der Waals surface area contributed by atoms with Gasteiger partial charge in [-0.15, -0.1) is 0 Å². The van der Waals surface area contributed by atoms with E-state index in [4.69, 9.17) is 9.40 Å². The van der Waals surface area contributed by atoms with E-state index in [9.17, 15) is 0 Å². The minimum atomic E-state index is -0.381. The molecule has 0 aliphatic carbocycles. The quantitative estimate of drug-likeness (QED) is 0.170. The maximum atomic E-state index is 6.36. The van der Waals surface area contributed by atoms with Crippen LogP contribution < -0.4 is 9.47 Å². The molecule has 3 aromatic carbocycles. The molecule has 1 aliphatic heterocycles. The highest BCUT2D eigenvalue weighted by Crippen LogP contribution is 2.44. The molecule has 0 spiro atoms. The number of imidazole rings is 1. The highest BCUT2D eigenvalue weighted by Gasteiger charge is 2.45. The number of aryl methyl sites for hydroxylation is 3. The predicted octanol–water partition coefficient (Wildman–Crippen LogP) is 9.92. The zero-order valence-electron chi connectivity index (χ0n) is 30.5. The van der Waals surface area contributed by atoms with Crippen molar-refractivity contribution < 1.29 is 8.98 Å². The van der Waals surface area contributed by atoms with E-state index in [0.717, 1.165) is 22.0 Å². The van der Waals surface area contributed by atoms with E-state index in [1.165, 1.54) is 44.9 Å². The maximum Gasteiger partial charge on any atom is 0.367 e. The Kier molecular flexibility index (Phi) is 7.69. The van der Waals surface area contributed by atoms with Crippen molar-refractivity contribution >= 4 is 39.1 Å². The van der Waals surface area contributed by atoms with Crippen LogP contribution in [0, 0.1) is 13.8 Å². The lowest BCUT2D eigenvalue weighted by molar-refractivity contribution is -0.632. The molecular formula is C42H50N5O+. The fourth-order valence-corrected chi connectivity index (χ4v) is 8.36. The van der Waals surface area contributed by atoms with Gasteiger partial charge >= 0.3 is 5.95 Å². The van der Waals surface area contributed by atoms with Crippen LogP contribution in [-0.2, 0) is 12.6 Å². The summed E-state index contributed by atoms with van der Waals surface area (Å²) in [6.07, 6.45) is 4.70. The van der Waals surface area contributed by atoms with Gasteiger partial charge in [-0.1, -0.05) is 64.1 Å². The van der Waals surface area contributed by atoms with Crippen LogP contribution in [0.25, 0.3) is 38.8 Å². The molecule has 7 rings (SSSR count). The van der Waals surface area contributed by atoms with Gasteiger partial charge < -0.3 is 9.32 Å². The van der Waals surface area contributed by atoms with Gasteiger partial charge in [0.1, 0.15) is 28.5 Å². The molecule has 0 N–H and O–H groups in total. The van der Waals surface area contributed by atoms with Crippen LogP contribution >= 0.6 is 0 Å².